The zero-order valence-corrected chi connectivity index (χ0v) is 14.6. The molecule has 5 heteroatoms. The molecule has 0 amide bonds. The first kappa shape index (κ1) is 16.0. The van der Waals surface area contributed by atoms with Crippen molar-refractivity contribution in [2.45, 2.75) is 13.8 Å². The average molecular weight is 342 g/mol. The predicted octanol–water partition coefficient (Wildman–Crippen LogP) is 5.74. The molecule has 2 heterocycles. The van der Waals surface area contributed by atoms with E-state index in [0.717, 1.165) is 28.2 Å². The van der Waals surface area contributed by atoms with E-state index in [-0.39, 0.29) is 5.75 Å². The zero-order valence-electron chi connectivity index (χ0n) is 14.6. The summed E-state index contributed by atoms with van der Waals surface area (Å²) in [6.07, 6.45) is 0. The third-order valence-corrected chi connectivity index (χ3v) is 4.25. The molecule has 2 aromatic carbocycles. The summed E-state index contributed by atoms with van der Waals surface area (Å²) in [5.74, 6) is 0.747. The van der Waals surface area contributed by atoms with Gasteiger partial charge in [0.1, 0.15) is 22.8 Å². The first-order chi connectivity index (χ1) is 12.6. The molecular formula is C21H18N4O. The highest BCUT2D eigenvalue weighted by molar-refractivity contribution is 5.74. The van der Waals surface area contributed by atoms with Crippen LogP contribution in [-0.4, -0.2) is 14.5 Å². The molecule has 26 heavy (non-hydrogen) atoms. The van der Waals surface area contributed by atoms with Gasteiger partial charge in [0.15, 0.2) is 5.82 Å². The smallest absolute Gasteiger partial charge is 0.187 e. The molecule has 0 fully saturated rings. The molecule has 2 aromatic heterocycles. The number of nitrogens with zero attached hydrogens (tertiary/aromatic N) is 4. The molecule has 5 nitrogen and oxygen atoms in total. The van der Waals surface area contributed by atoms with Gasteiger partial charge in [0, 0.05) is 11.3 Å². The molecule has 0 aliphatic carbocycles. The van der Waals surface area contributed by atoms with E-state index in [9.17, 15) is 5.11 Å². The Morgan fingerprint density at radius 2 is 1.69 bits per heavy atom. The monoisotopic (exact) mass is 342 g/mol. The first-order valence-electron chi connectivity index (χ1n) is 8.38. The lowest BCUT2D eigenvalue weighted by molar-refractivity contribution is 0.476. The van der Waals surface area contributed by atoms with Crippen LogP contribution in [0.15, 0.2) is 77.0 Å². The predicted molar refractivity (Wildman–Crippen MR) is 102 cm³/mol. The van der Waals surface area contributed by atoms with Crippen molar-refractivity contribution in [2.24, 2.45) is 10.2 Å². The van der Waals surface area contributed by atoms with E-state index in [4.69, 9.17) is 4.98 Å². The van der Waals surface area contributed by atoms with Crippen LogP contribution >= 0.6 is 0 Å². The van der Waals surface area contributed by atoms with Gasteiger partial charge in [-0.3, -0.25) is 4.40 Å². The number of phenolic OH excluding ortho intramolecular Hbond substituents is 1. The maximum absolute atomic E-state index is 10.0. The second-order valence-corrected chi connectivity index (χ2v) is 6.20. The minimum Gasteiger partial charge on any atom is -0.506 e. The van der Waals surface area contributed by atoms with Gasteiger partial charge >= 0.3 is 0 Å². The summed E-state index contributed by atoms with van der Waals surface area (Å²) in [6, 6.07) is 21.1. The van der Waals surface area contributed by atoms with Crippen LogP contribution in [0, 0.1) is 13.8 Å². The van der Waals surface area contributed by atoms with Gasteiger partial charge in [-0.2, -0.15) is 0 Å². The maximum atomic E-state index is 10.0. The van der Waals surface area contributed by atoms with Crippen molar-refractivity contribution in [3.05, 3.63) is 78.0 Å². The van der Waals surface area contributed by atoms with Gasteiger partial charge in [-0.05, 0) is 43.7 Å². The average Bonchev–Trinajstić information content (AvgIpc) is 3.03. The third-order valence-electron chi connectivity index (χ3n) is 4.25. The summed E-state index contributed by atoms with van der Waals surface area (Å²) in [5.41, 5.74) is 5.00. The lowest BCUT2D eigenvalue weighted by atomic mass is 10.1. The fourth-order valence-electron chi connectivity index (χ4n) is 2.93. The Kier molecular flexibility index (Phi) is 3.97. The number of aromatic nitrogens is 2. The number of aromatic hydroxyl groups is 1. The second kappa shape index (κ2) is 6.44. The molecule has 0 bridgehead atoms. The SMILES string of the molecule is Cc1ccc(O)c(N=Nc2c(-c3ccccc3)nc3cccc(C)n23)c1. The Hall–Kier alpha value is -3.47. The molecular weight excluding hydrogens is 324 g/mol. The summed E-state index contributed by atoms with van der Waals surface area (Å²) in [4.78, 5) is 4.74. The van der Waals surface area contributed by atoms with E-state index in [2.05, 4.69) is 10.2 Å². The minimum atomic E-state index is 0.103. The normalized spacial score (nSPS) is 11.5. The van der Waals surface area contributed by atoms with Crippen LogP contribution in [0.2, 0.25) is 0 Å². The molecule has 0 saturated heterocycles. The van der Waals surface area contributed by atoms with Crippen molar-refractivity contribution in [1.29, 1.82) is 0 Å². The van der Waals surface area contributed by atoms with E-state index < -0.39 is 0 Å². The Morgan fingerprint density at radius 3 is 2.50 bits per heavy atom. The maximum Gasteiger partial charge on any atom is 0.187 e. The van der Waals surface area contributed by atoms with Crippen molar-refractivity contribution in [2.75, 3.05) is 0 Å². The number of pyridine rings is 1. The van der Waals surface area contributed by atoms with Crippen LogP contribution in [-0.2, 0) is 0 Å². The van der Waals surface area contributed by atoms with Crippen LogP contribution in [0.3, 0.4) is 0 Å². The Balaban J connectivity index is 1.93. The van der Waals surface area contributed by atoms with Crippen LogP contribution in [0.1, 0.15) is 11.3 Å². The number of azo groups is 1. The topological polar surface area (TPSA) is 62.2 Å². The minimum absolute atomic E-state index is 0.103. The molecule has 128 valence electrons. The van der Waals surface area contributed by atoms with Crippen LogP contribution in [0.4, 0.5) is 11.5 Å². The summed E-state index contributed by atoms with van der Waals surface area (Å²) in [7, 11) is 0. The number of phenols is 1. The molecule has 0 unspecified atom stereocenters. The van der Waals surface area contributed by atoms with Gasteiger partial charge in [-0.1, -0.05) is 42.5 Å². The van der Waals surface area contributed by atoms with Crippen molar-refractivity contribution < 1.29 is 5.11 Å². The third kappa shape index (κ3) is 2.84. The van der Waals surface area contributed by atoms with Crippen LogP contribution < -0.4 is 0 Å². The summed E-state index contributed by atoms with van der Waals surface area (Å²) in [5, 5.41) is 18.8. The highest BCUT2D eigenvalue weighted by Crippen LogP contribution is 2.34. The van der Waals surface area contributed by atoms with Crippen molar-refractivity contribution in [3.63, 3.8) is 0 Å². The molecule has 0 saturated carbocycles. The first-order valence-corrected chi connectivity index (χ1v) is 8.38. The fraction of sp³-hybridized carbons (Fsp3) is 0.0952. The Morgan fingerprint density at radius 1 is 0.885 bits per heavy atom. The number of imidazole rings is 1. The van der Waals surface area contributed by atoms with E-state index in [1.165, 1.54) is 0 Å². The number of aryl methyl sites for hydroxylation is 2. The lowest BCUT2D eigenvalue weighted by Crippen LogP contribution is -1.89. The van der Waals surface area contributed by atoms with E-state index in [1.54, 1.807) is 12.1 Å². The molecule has 1 N–H and O–H groups in total. The number of rotatable bonds is 3. The Bertz CT molecular complexity index is 1110. The van der Waals surface area contributed by atoms with Crippen molar-refractivity contribution in [3.8, 4) is 17.0 Å². The molecule has 0 atom stereocenters. The number of hydrogen-bond donors (Lipinski definition) is 1. The molecule has 0 aliphatic rings. The van der Waals surface area contributed by atoms with Crippen LogP contribution in [0.25, 0.3) is 16.9 Å². The highest BCUT2D eigenvalue weighted by Gasteiger charge is 2.15. The van der Waals surface area contributed by atoms with E-state index in [1.807, 2.05) is 72.8 Å². The largest absolute Gasteiger partial charge is 0.506 e. The van der Waals surface area contributed by atoms with Gasteiger partial charge in [-0.25, -0.2) is 4.98 Å². The zero-order chi connectivity index (χ0) is 18.1. The molecule has 0 spiro atoms. The van der Waals surface area contributed by atoms with Gasteiger partial charge in [-0.15, -0.1) is 10.2 Å². The lowest BCUT2D eigenvalue weighted by Gasteiger charge is -2.03. The van der Waals surface area contributed by atoms with Gasteiger partial charge in [0.2, 0.25) is 0 Å². The number of fused-ring (bicyclic) bond motifs is 1. The van der Waals surface area contributed by atoms with E-state index in [0.29, 0.717) is 11.5 Å². The molecule has 4 aromatic rings. The summed E-state index contributed by atoms with van der Waals surface area (Å²) in [6.45, 7) is 3.96. The highest BCUT2D eigenvalue weighted by atomic mass is 16.3. The van der Waals surface area contributed by atoms with E-state index >= 15 is 0 Å². The fourth-order valence-corrected chi connectivity index (χ4v) is 2.93. The van der Waals surface area contributed by atoms with Gasteiger partial charge < -0.3 is 5.11 Å². The summed E-state index contributed by atoms with van der Waals surface area (Å²) >= 11 is 0. The standard InChI is InChI=1S/C21H18N4O/c1-14-11-12-18(26)17(13-14)23-24-21-20(16-8-4-3-5-9-16)22-19-10-6-7-15(2)25(19)21/h3-13,26H,1-2H3. The Labute approximate surface area is 151 Å². The molecule has 0 aliphatic heterocycles. The number of hydrogen-bond acceptors (Lipinski definition) is 4. The quantitative estimate of drug-likeness (QED) is 0.483. The molecule has 0 radical (unpaired) electrons. The van der Waals surface area contributed by atoms with Crippen LogP contribution in [0.5, 0.6) is 5.75 Å². The van der Waals surface area contributed by atoms with Crippen molar-refractivity contribution in [1.82, 2.24) is 9.38 Å². The summed E-state index contributed by atoms with van der Waals surface area (Å²) < 4.78 is 1.97. The van der Waals surface area contributed by atoms with Crippen molar-refractivity contribution >= 4 is 17.2 Å². The molecule has 4 rings (SSSR count). The number of benzene rings is 2. The second-order valence-electron chi connectivity index (χ2n) is 6.20. The van der Waals surface area contributed by atoms with Gasteiger partial charge in [0.05, 0.1) is 0 Å². The van der Waals surface area contributed by atoms with Gasteiger partial charge in [0.25, 0.3) is 0 Å².